The third kappa shape index (κ3) is 2.24. The van der Waals surface area contributed by atoms with Crippen molar-refractivity contribution >= 4 is 23.6 Å². The predicted molar refractivity (Wildman–Crippen MR) is 62.1 cm³/mol. The molecule has 2 rings (SSSR count). The second-order valence-electron chi connectivity index (χ2n) is 3.36. The highest BCUT2D eigenvalue weighted by Gasteiger charge is 2.11. The normalized spacial score (nSPS) is 10.2. The summed E-state index contributed by atoms with van der Waals surface area (Å²) in [7, 11) is 0. The molecule has 0 spiro atoms. The molecule has 1 N–H and O–H groups in total. The second kappa shape index (κ2) is 4.47. The van der Waals surface area contributed by atoms with Crippen LogP contribution in [-0.2, 0) is 0 Å². The molecule has 5 heteroatoms. The summed E-state index contributed by atoms with van der Waals surface area (Å²) < 4.78 is 13.7. The van der Waals surface area contributed by atoms with Gasteiger partial charge in [0.15, 0.2) is 6.29 Å². The van der Waals surface area contributed by atoms with Crippen LogP contribution in [0.15, 0.2) is 29.6 Å². The first kappa shape index (κ1) is 11.5. The lowest BCUT2D eigenvalue weighted by Gasteiger charge is -2.01. The highest BCUT2D eigenvalue weighted by atomic mass is 32.1. The minimum Gasteiger partial charge on any atom is -0.478 e. The van der Waals surface area contributed by atoms with Crippen molar-refractivity contribution < 1.29 is 19.1 Å². The fraction of sp³-hybridized carbons (Fsp3) is 0. The fourth-order valence-electron chi connectivity index (χ4n) is 1.44. The van der Waals surface area contributed by atoms with Gasteiger partial charge in [0.2, 0.25) is 0 Å². The predicted octanol–water partition coefficient (Wildman–Crippen LogP) is 3.06. The van der Waals surface area contributed by atoms with Crippen LogP contribution in [-0.4, -0.2) is 17.4 Å². The van der Waals surface area contributed by atoms with Gasteiger partial charge in [-0.25, -0.2) is 9.18 Å². The van der Waals surface area contributed by atoms with E-state index in [-0.39, 0.29) is 5.56 Å². The standard InChI is InChI=1S/C12H7FO3S/c13-11-4-7(12(15)16)1-2-10(11)8-3-9(5-14)17-6-8/h1-6H,(H,15,16). The number of hydrogen-bond donors (Lipinski definition) is 1. The number of rotatable bonds is 3. The molecule has 0 radical (unpaired) electrons. The molecule has 0 fully saturated rings. The number of carboxylic acids is 1. The summed E-state index contributed by atoms with van der Waals surface area (Å²) in [6, 6.07) is 5.26. The van der Waals surface area contributed by atoms with Gasteiger partial charge in [-0.1, -0.05) is 6.07 Å². The van der Waals surface area contributed by atoms with Gasteiger partial charge in [0.1, 0.15) is 5.82 Å². The lowest BCUT2D eigenvalue weighted by Crippen LogP contribution is -1.97. The molecule has 1 heterocycles. The van der Waals surface area contributed by atoms with Crippen molar-refractivity contribution in [2.45, 2.75) is 0 Å². The number of thiophene rings is 1. The Morgan fingerprint density at radius 1 is 1.35 bits per heavy atom. The van der Waals surface area contributed by atoms with Crippen molar-refractivity contribution in [2.75, 3.05) is 0 Å². The molecule has 0 amide bonds. The van der Waals surface area contributed by atoms with Gasteiger partial charge in [-0.15, -0.1) is 11.3 Å². The van der Waals surface area contributed by atoms with E-state index in [0.29, 0.717) is 22.3 Å². The van der Waals surface area contributed by atoms with Crippen LogP contribution in [0.5, 0.6) is 0 Å². The third-order valence-corrected chi connectivity index (χ3v) is 3.12. The van der Waals surface area contributed by atoms with Gasteiger partial charge in [0.05, 0.1) is 10.4 Å². The average Bonchev–Trinajstić information content (AvgIpc) is 2.77. The van der Waals surface area contributed by atoms with Gasteiger partial charge in [-0.05, 0) is 29.1 Å². The van der Waals surface area contributed by atoms with E-state index in [1.165, 1.54) is 23.5 Å². The zero-order chi connectivity index (χ0) is 12.4. The molecule has 1 aromatic heterocycles. The Hall–Kier alpha value is -2.01. The molecule has 0 aliphatic rings. The van der Waals surface area contributed by atoms with E-state index in [4.69, 9.17) is 5.11 Å². The van der Waals surface area contributed by atoms with E-state index in [1.54, 1.807) is 11.4 Å². The Bertz CT molecular complexity index is 589. The SMILES string of the molecule is O=Cc1cc(-c2ccc(C(=O)O)cc2F)cs1. The average molecular weight is 250 g/mol. The lowest BCUT2D eigenvalue weighted by atomic mass is 10.1. The molecule has 0 aliphatic heterocycles. The zero-order valence-electron chi connectivity index (χ0n) is 8.51. The topological polar surface area (TPSA) is 54.4 Å². The minimum atomic E-state index is -1.17. The van der Waals surface area contributed by atoms with Gasteiger partial charge >= 0.3 is 5.97 Å². The molecule has 0 atom stereocenters. The number of carboxylic acid groups (broad SMARTS) is 1. The molecular formula is C12H7FO3S. The van der Waals surface area contributed by atoms with Crippen LogP contribution in [0.2, 0.25) is 0 Å². The maximum absolute atomic E-state index is 13.7. The molecule has 0 unspecified atom stereocenters. The molecule has 0 saturated heterocycles. The van der Waals surface area contributed by atoms with Crippen LogP contribution in [0.4, 0.5) is 4.39 Å². The maximum atomic E-state index is 13.7. The summed E-state index contributed by atoms with van der Waals surface area (Å²) in [5.41, 5.74) is 0.767. The van der Waals surface area contributed by atoms with Crippen molar-refractivity contribution in [3.63, 3.8) is 0 Å². The minimum absolute atomic E-state index is 0.0999. The summed E-state index contributed by atoms with van der Waals surface area (Å²) in [6.45, 7) is 0. The maximum Gasteiger partial charge on any atom is 0.335 e. The van der Waals surface area contributed by atoms with Gasteiger partial charge in [0, 0.05) is 5.56 Å². The molecule has 3 nitrogen and oxygen atoms in total. The Morgan fingerprint density at radius 3 is 2.65 bits per heavy atom. The van der Waals surface area contributed by atoms with Gasteiger partial charge in [-0.2, -0.15) is 0 Å². The van der Waals surface area contributed by atoms with Crippen molar-refractivity contribution in [1.82, 2.24) is 0 Å². The van der Waals surface area contributed by atoms with E-state index in [0.717, 1.165) is 6.07 Å². The number of aldehydes is 1. The summed E-state index contributed by atoms with van der Waals surface area (Å²) in [6.07, 6.45) is 0.692. The van der Waals surface area contributed by atoms with Crippen LogP contribution in [0.25, 0.3) is 11.1 Å². The Morgan fingerprint density at radius 2 is 2.12 bits per heavy atom. The number of carbonyl (C=O) groups excluding carboxylic acids is 1. The molecule has 1 aromatic carbocycles. The first-order valence-corrected chi connectivity index (χ1v) is 5.56. The van der Waals surface area contributed by atoms with Gasteiger partial charge in [-0.3, -0.25) is 4.79 Å². The van der Waals surface area contributed by atoms with Crippen LogP contribution in [0.1, 0.15) is 20.0 Å². The molecule has 0 bridgehead atoms. The Labute approximate surface area is 100 Å². The van der Waals surface area contributed by atoms with Crippen LogP contribution >= 0.6 is 11.3 Å². The smallest absolute Gasteiger partial charge is 0.335 e. The summed E-state index contributed by atoms with van der Waals surface area (Å²) in [5, 5.41) is 10.4. The molecule has 17 heavy (non-hydrogen) atoms. The summed E-state index contributed by atoms with van der Waals surface area (Å²) >= 11 is 1.21. The largest absolute Gasteiger partial charge is 0.478 e. The summed E-state index contributed by atoms with van der Waals surface area (Å²) in [4.78, 5) is 21.7. The number of halogens is 1. The van der Waals surface area contributed by atoms with Crippen molar-refractivity contribution in [2.24, 2.45) is 0 Å². The first-order chi connectivity index (χ1) is 8.11. The van der Waals surface area contributed by atoms with E-state index in [9.17, 15) is 14.0 Å². The summed E-state index contributed by atoms with van der Waals surface area (Å²) in [5.74, 6) is -1.78. The molecular weight excluding hydrogens is 243 g/mol. The Balaban J connectivity index is 2.46. The number of benzene rings is 1. The first-order valence-electron chi connectivity index (χ1n) is 4.68. The second-order valence-corrected chi connectivity index (χ2v) is 4.30. The molecule has 86 valence electrons. The monoisotopic (exact) mass is 250 g/mol. The number of hydrogen-bond acceptors (Lipinski definition) is 3. The highest BCUT2D eigenvalue weighted by Crippen LogP contribution is 2.27. The van der Waals surface area contributed by atoms with Crippen molar-refractivity contribution in [1.29, 1.82) is 0 Å². The van der Waals surface area contributed by atoms with Crippen LogP contribution in [0.3, 0.4) is 0 Å². The van der Waals surface area contributed by atoms with E-state index in [1.807, 2.05) is 0 Å². The van der Waals surface area contributed by atoms with Crippen molar-refractivity contribution in [3.8, 4) is 11.1 Å². The van der Waals surface area contributed by atoms with E-state index < -0.39 is 11.8 Å². The molecule has 0 aliphatic carbocycles. The highest BCUT2D eigenvalue weighted by molar-refractivity contribution is 7.12. The van der Waals surface area contributed by atoms with Crippen LogP contribution < -0.4 is 0 Å². The van der Waals surface area contributed by atoms with Crippen molar-refractivity contribution in [3.05, 3.63) is 45.9 Å². The van der Waals surface area contributed by atoms with Gasteiger partial charge < -0.3 is 5.11 Å². The lowest BCUT2D eigenvalue weighted by molar-refractivity contribution is 0.0696. The third-order valence-electron chi connectivity index (χ3n) is 2.26. The van der Waals surface area contributed by atoms with Crippen LogP contribution in [0, 0.1) is 5.82 Å². The number of aromatic carboxylic acids is 1. The van der Waals surface area contributed by atoms with Gasteiger partial charge in [0.25, 0.3) is 0 Å². The molecule has 2 aromatic rings. The van der Waals surface area contributed by atoms with E-state index >= 15 is 0 Å². The molecule has 0 saturated carbocycles. The fourth-order valence-corrected chi connectivity index (χ4v) is 2.15. The van der Waals surface area contributed by atoms with E-state index in [2.05, 4.69) is 0 Å². The Kier molecular flexibility index (Phi) is 3.01. The zero-order valence-corrected chi connectivity index (χ0v) is 9.33. The number of carbonyl (C=O) groups is 2. The quantitative estimate of drug-likeness (QED) is 0.852.